The molecule has 27 heavy (non-hydrogen) atoms. The van der Waals surface area contributed by atoms with Gasteiger partial charge in [-0.05, 0) is 56.5 Å². The van der Waals surface area contributed by atoms with Crippen molar-refractivity contribution in [1.29, 1.82) is 0 Å². The lowest BCUT2D eigenvalue weighted by atomic mass is 9.99. The number of carbonyl (C=O) groups is 1. The van der Waals surface area contributed by atoms with Crippen LogP contribution in [-0.4, -0.2) is 41.5 Å². The van der Waals surface area contributed by atoms with Crippen LogP contribution in [-0.2, 0) is 24.3 Å². The maximum absolute atomic E-state index is 12.6. The highest BCUT2D eigenvalue weighted by Crippen LogP contribution is 2.25. The third-order valence-electron chi connectivity index (χ3n) is 5.82. The smallest absolute Gasteiger partial charge is 0.237 e. The Kier molecular flexibility index (Phi) is 5.39. The summed E-state index contributed by atoms with van der Waals surface area (Å²) >= 11 is 0. The van der Waals surface area contributed by atoms with Crippen LogP contribution in [0.4, 0.5) is 5.82 Å². The van der Waals surface area contributed by atoms with Crippen molar-refractivity contribution in [2.45, 2.75) is 45.3 Å². The van der Waals surface area contributed by atoms with Gasteiger partial charge in [0.1, 0.15) is 5.82 Å². The van der Waals surface area contributed by atoms with Crippen molar-refractivity contribution in [2.75, 3.05) is 24.5 Å². The molecule has 1 saturated heterocycles. The number of aromatic nitrogens is 1. The molecule has 5 heteroatoms. The summed E-state index contributed by atoms with van der Waals surface area (Å²) in [5.41, 5.74) is 3.88. The van der Waals surface area contributed by atoms with Crippen LogP contribution in [0.2, 0.25) is 0 Å². The summed E-state index contributed by atoms with van der Waals surface area (Å²) in [5, 5.41) is 3.13. The van der Waals surface area contributed by atoms with E-state index >= 15 is 0 Å². The molecule has 0 bridgehead atoms. The number of nitrogens with one attached hydrogen (secondary N) is 1. The molecule has 1 fully saturated rings. The van der Waals surface area contributed by atoms with Gasteiger partial charge in [0.25, 0.3) is 0 Å². The van der Waals surface area contributed by atoms with E-state index in [0.29, 0.717) is 6.54 Å². The van der Waals surface area contributed by atoms with Crippen molar-refractivity contribution >= 4 is 11.7 Å². The van der Waals surface area contributed by atoms with Gasteiger partial charge in [-0.25, -0.2) is 4.98 Å². The summed E-state index contributed by atoms with van der Waals surface area (Å²) in [4.78, 5) is 21.8. The molecular formula is C22H28N4O. The molecule has 1 atom stereocenters. The zero-order chi connectivity index (χ0) is 18.6. The van der Waals surface area contributed by atoms with Crippen LogP contribution in [0.5, 0.6) is 0 Å². The minimum Gasteiger partial charge on any atom is -0.352 e. The summed E-state index contributed by atoms with van der Waals surface area (Å²) in [7, 11) is 0. The van der Waals surface area contributed by atoms with Crippen molar-refractivity contribution in [2.24, 2.45) is 0 Å². The molecule has 2 aromatic rings. The lowest BCUT2D eigenvalue weighted by molar-refractivity contribution is -0.125. The van der Waals surface area contributed by atoms with Crippen LogP contribution >= 0.6 is 0 Å². The fourth-order valence-electron chi connectivity index (χ4n) is 4.15. The predicted octanol–water partition coefficient (Wildman–Crippen LogP) is 2.74. The lowest BCUT2D eigenvalue weighted by Crippen LogP contribution is -2.43. The number of rotatable bonds is 5. The van der Waals surface area contributed by atoms with E-state index in [1.54, 1.807) is 0 Å². The summed E-state index contributed by atoms with van der Waals surface area (Å²) < 4.78 is 0. The van der Waals surface area contributed by atoms with Gasteiger partial charge in [-0.15, -0.1) is 0 Å². The molecule has 142 valence electrons. The molecule has 4 rings (SSSR count). The quantitative estimate of drug-likeness (QED) is 0.886. The molecule has 1 amide bonds. The number of fused-ring (bicyclic) bond motifs is 1. The third-order valence-corrected chi connectivity index (χ3v) is 5.82. The Morgan fingerprint density at radius 2 is 1.89 bits per heavy atom. The van der Waals surface area contributed by atoms with Crippen molar-refractivity contribution in [3.63, 3.8) is 0 Å². The Labute approximate surface area is 161 Å². The highest BCUT2D eigenvalue weighted by molar-refractivity contribution is 5.81. The molecule has 0 radical (unpaired) electrons. The predicted molar refractivity (Wildman–Crippen MR) is 108 cm³/mol. The van der Waals surface area contributed by atoms with Gasteiger partial charge >= 0.3 is 0 Å². The van der Waals surface area contributed by atoms with Crippen molar-refractivity contribution in [1.82, 2.24) is 15.2 Å². The lowest BCUT2D eigenvalue weighted by Gasteiger charge is -2.31. The Hall–Kier alpha value is -2.40. The van der Waals surface area contributed by atoms with Crippen molar-refractivity contribution in [3.8, 4) is 0 Å². The number of carbonyl (C=O) groups excluding carboxylic acids is 1. The van der Waals surface area contributed by atoms with Gasteiger partial charge in [0, 0.05) is 31.4 Å². The minimum absolute atomic E-state index is 0.0607. The Morgan fingerprint density at radius 1 is 1.11 bits per heavy atom. The van der Waals surface area contributed by atoms with E-state index in [9.17, 15) is 4.79 Å². The normalized spacial score (nSPS) is 18.2. The molecule has 0 aliphatic carbocycles. The molecule has 3 heterocycles. The van der Waals surface area contributed by atoms with Crippen LogP contribution in [0.25, 0.3) is 0 Å². The average molecular weight is 364 g/mol. The monoisotopic (exact) mass is 364 g/mol. The third kappa shape index (κ3) is 3.98. The maximum atomic E-state index is 12.6. The van der Waals surface area contributed by atoms with Crippen molar-refractivity contribution in [3.05, 3.63) is 59.3 Å². The van der Waals surface area contributed by atoms with Gasteiger partial charge < -0.3 is 10.2 Å². The highest BCUT2D eigenvalue weighted by atomic mass is 16.2. The topological polar surface area (TPSA) is 48.5 Å². The van der Waals surface area contributed by atoms with Gasteiger partial charge in [-0.3, -0.25) is 9.69 Å². The average Bonchev–Trinajstić information content (AvgIpc) is 3.26. The Balaban J connectivity index is 1.43. The van der Waals surface area contributed by atoms with Gasteiger partial charge in [-0.2, -0.15) is 0 Å². The fourth-order valence-corrected chi connectivity index (χ4v) is 4.15. The summed E-state index contributed by atoms with van der Waals surface area (Å²) in [6.45, 7) is 6.42. The first-order chi connectivity index (χ1) is 13.2. The molecule has 0 saturated carbocycles. The largest absolute Gasteiger partial charge is 0.352 e. The van der Waals surface area contributed by atoms with E-state index in [-0.39, 0.29) is 11.9 Å². The molecule has 5 nitrogen and oxygen atoms in total. The van der Waals surface area contributed by atoms with Gasteiger partial charge in [0.05, 0.1) is 6.04 Å². The fraction of sp³-hybridized carbons (Fsp3) is 0.455. The number of likely N-dealkylation sites (tertiary alicyclic amines) is 1. The first-order valence-electron chi connectivity index (χ1n) is 10.00. The van der Waals surface area contributed by atoms with E-state index in [1.807, 2.05) is 19.2 Å². The highest BCUT2D eigenvalue weighted by Gasteiger charge is 2.24. The number of hydrogen-bond acceptors (Lipinski definition) is 4. The van der Waals surface area contributed by atoms with Crippen molar-refractivity contribution < 1.29 is 4.79 Å². The number of hydrogen-bond donors (Lipinski definition) is 1. The van der Waals surface area contributed by atoms with Crippen LogP contribution in [0.1, 0.15) is 36.5 Å². The number of nitrogens with zero attached hydrogens (tertiary/aromatic N) is 3. The van der Waals surface area contributed by atoms with Gasteiger partial charge in [-0.1, -0.05) is 30.3 Å². The zero-order valence-corrected chi connectivity index (χ0v) is 16.0. The van der Waals surface area contributed by atoms with E-state index in [2.05, 4.69) is 50.4 Å². The van der Waals surface area contributed by atoms with Gasteiger partial charge in [0.15, 0.2) is 0 Å². The zero-order valence-electron chi connectivity index (χ0n) is 16.0. The summed E-state index contributed by atoms with van der Waals surface area (Å²) in [5.74, 6) is 1.09. The van der Waals surface area contributed by atoms with Crippen LogP contribution in [0.3, 0.4) is 0 Å². The Morgan fingerprint density at radius 3 is 2.70 bits per heavy atom. The summed E-state index contributed by atoms with van der Waals surface area (Å²) in [6, 6.07) is 12.6. The summed E-state index contributed by atoms with van der Waals surface area (Å²) in [6.07, 6.45) is 5.26. The SMILES string of the molecule is CC(C(=O)NCc1cccnc1N1CCc2ccccc2C1)N1CCCC1. The second kappa shape index (κ2) is 8.09. The molecule has 1 N–H and O–H groups in total. The Bertz CT molecular complexity index is 800. The van der Waals surface area contributed by atoms with Gasteiger partial charge in [0.2, 0.25) is 5.91 Å². The minimum atomic E-state index is -0.0607. The number of benzene rings is 1. The standard InChI is InChI=1S/C22H28N4O/c1-17(25-12-4-5-13-25)22(27)24-15-19-9-6-11-23-21(19)26-14-10-18-7-2-3-8-20(18)16-26/h2-3,6-9,11,17H,4-5,10,12-16H2,1H3,(H,24,27). The van der Waals surface area contributed by atoms with Crippen LogP contribution < -0.4 is 10.2 Å². The first-order valence-corrected chi connectivity index (χ1v) is 10.00. The van der Waals surface area contributed by atoms with E-state index in [4.69, 9.17) is 0 Å². The number of amides is 1. The molecule has 1 unspecified atom stereocenters. The molecule has 1 aromatic carbocycles. The van der Waals surface area contributed by atoms with Crippen LogP contribution in [0.15, 0.2) is 42.6 Å². The second-order valence-electron chi connectivity index (χ2n) is 7.56. The molecular weight excluding hydrogens is 336 g/mol. The molecule has 2 aliphatic heterocycles. The second-order valence-corrected chi connectivity index (χ2v) is 7.56. The molecule has 2 aliphatic rings. The van der Waals surface area contributed by atoms with E-state index in [1.165, 1.54) is 24.0 Å². The number of anilines is 1. The number of pyridine rings is 1. The molecule has 1 aromatic heterocycles. The van der Waals surface area contributed by atoms with E-state index in [0.717, 1.165) is 44.0 Å². The maximum Gasteiger partial charge on any atom is 0.237 e. The van der Waals surface area contributed by atoms with Crippen LogP contribution in [0, 0.1) is 0 Å². The van der Waals surface area contributed by atoms with E-state index < -0.39 is 0 Å². The molecule has 0 spiro atoms. The first kappa shape index (κ1) is 18.0.